The van der Waals surface area contributed by atoms with E-state index in [9.17, 15) is 5.26 Å². The molecule has 14 rings (SSSR count). The maximum absolute atomic E-state index is 12.3. The van der Waals surface area contributed by atoms with Crippen molar-refractivity contribution in [2.75, 3.05) is 4.90 Å². The molecule has 0 saturated heterocycles. The molecule has 1 aliphatic carbocycles. The first-order chi connectivity index (χ1) is 33.3. The van der Waals surface area contributed by atoms with E-state index < -0.39 is 0 Å². The van der Waals surface area contributed by atoms with Gasteiger partial charge in [0.25, 0.3) is 0 Å². The Morgan fingerprint density at radius 2 is 0.866 bits per heavy atom. The minimum absolute atomic E-state index is 0.0687. The lowest BCUT2D eigenvalue weighted by atomic mass is 9.86. The molecule has 0 N–H and O–H groups in total. The molecule has 0 amide bonds. The van der Waals surface area contributed by atoms with Crippen LogP contribution in [0, 0.1) is 11.3 Å². The third-order valence-corrected chi connectivity index (χ3v) is 14.4. The molecule has 312 valence electrons. The summed E-state index contributed by atoms with van der Waals surface area (Å²) >= 11 is 0. The van der Waals surface area contributed by atoms with E-state index in [-0.39, 0.29) is 12.0 Å². The van der Waals surface area contributed by atoms with Crippen LogP contribution in [-0.4, -0.2) is 15.2 Å². The second-order valence-corrected chi connectivity index (χ2v) is 17.8. The predicted octanol–water partition coefficient (Wildman–Crippen LogP) is 16.1. The molecule has 4 heteroatoms. The molecule has 0 radical (unpaired) electrons. The molecule has 0 saturated carbocycles. The average Bonchev–Trinajstić information content (AvgIpc) is 4.04. The number of hydrogen-bond donors (Lipinski definition) is 0. The first-order valence-electron chi connectivity index (χ1n) is 23.1. The van der Waals surface area contributed by atoms with Gasteiger partial charge < -0.3 is 14.0 Å². The van der Waals surface area contributed by atoms with Crippen LogP contribution in [0.25, 0.3) is 98.8 Å². The van der Waals surface area contributed by atoms with Gasteiger partial charge in [0, 0.05) is 49.4 Å². The zero-order valence-electron chi connectivity index (χ0n) is 36.4. The number of aromatic nitrogens is 2. The van der Waals surface area contributed by atoms with Crippen LogP contribution in [0.5, 0.6) is 0 Å². The van der Waals surface area contributed by atoms with Crippen LogP contribution in [0.2, 0.25) is 0 Å². The Kier molecular flexibility index (Phi) is 8.14. The van der Waals surface area contributed by atoms with Crippen molar-refractivity contribution < 1.29 is 0 Å². The molecule has 1 aliphatic heterocycles. The number of anilines is 2. The molecule has 2 aromatic heterocycles. The number of nitriles is 1. The molecule has 12 aromatic rings. The fourth-order valence-corrected chi connectivity index (χ4v) is 11.7. The van der Waals surface area contributed by atoms with Crippen molar-refractivity contribution in [1.29, 1.82) is 5.26 Å². The molecule has 10 aromatic carbocycles. The van der Waals surface area contributed by atoms with Crippen molar-refractivity contribution in [2.24, 2.45) is 0 Å². The van der Waals surface area contributed by atoms with Gasteiger partial charge in [0.05, 0.1) is 56.4 Å². The van der Waals surface area contributed by atoms with Gasteiger partial charge >= 0.3 is 0 Å². The lowest BCUT2D eigenvalue weighted by Gasteiger charge is -2.36. The Morgan fingerprint density at radius 1 is 0.373 bits per heavy atom. The molecule has 3 heterocycles. The Labute approximate surface area is 387 Å². The van der Waals surface area contributed by atoms with Crippen LogP contribution in [0.4, 0.5) is 11.4 Å². The number of para-hydroxylation sites is 3. The summed E-state index contributed by atoms with van der Waals surface area (Å²) in [4.78, 5) is 2.62. The summed E-state index contributed by atoms with van der Waals surface area (Å²) in [6, 6.07) is 77.3. The molecule has 2 unspecified atom stereocenters. The van der Waals surface area contributed by atoms with E-state index in [1.54, 1.807) is 0 Å². The summed E-state index contributed by atoms with van der Waals surface area (Å²) in [5.41, 5.74) is 14.1. The van der Waals surface area contributed by atoms with Crippen molar-refractivity contribution in [3.63, 3.8) is 0 Å². The van der Waals surface area contributed by atoms with Gasteiger partial charge in [0.2, 0.25) is 0 Å². The Bertz CT molecular complexity index is 4070. The van der Waals surface area contributed by atoms with Gasteiger partial charge in [0.15, 0.2) is 0 Å². The molecule has 0 fully saturated rings. The van der Waals surface area contributed by atoms with E-state index in [1.165, 1.54) is 32.8 Å². The van der Waals surface area contributed by atoms with Crippen molar-refractivity contribution >= 4 is 76.5 Å². The van der Waals surface area contributed by atoms with Crippen molar-refractivity contribution in [3.05, 3.63) is 242 Å². The second-order valence-electron chi connectivity index (χ2n) is 17.8. The number of hydrogen-bond acceptors (Lipinski definition) is 2. The largest absolute Gasteiger partial charge is 0.330 e. The zero-order valence-corrected chi connectivity index (χ0v) is 36.4. The zero-order chi connectivity index (χ0) is 44.2. The number of fused-ring (bicyclic) bond motifs is 13. The highest BCUT2D eigenvalue weighted by Gasteiger charge is 2.43. The van der Waals surface area contributed by atoms with Crippen molar-refractivity contribution in [2.45, 2.75) is 12.0 Å². The van der Waals surface area contributed by atoms with Gasteiger partial charge in [-0.05, 0) is 45.7 Å². The highest BCUT2D eigenvalue weighted by atomic mass is 15.2. The molecule has 2 atom stereocenters. The molecule has 2 aliphatic rings. The van der Waals surface area contributed by atoms with Gasteiger partial charge in [-0.25, -0.2) is 0 Å². The van der Waals surface area contributed by atoms with Gasteiger partial charge in [-0.2, -0.15) is 5.26 Å². The fourth-order valence-electron chi connectivity index (χ4n) is 11.7. The molecule has 0 bridgehead atoms. The Hall–Kier alpha value is -8.91. The normalized spacial score (nSPS) is 15.3. The molecule has 0 spiro atoms. The molecular formula is C63H40N4. The van der Waals surface area contributed by atoms with Crippen LogP contribution >= 0.6 is 0 Å². The first kappa shape index (κ1) is 37.5. The summed E-state index contributed by atoms with van der Waals surface area (Å²) < 4.78 is 5.04. The third kappa shape index (κ3) is 5.28. The highest BCUT2D eigenvalue weighted by Crippen LogP contribution is 2.59. The topological polar surface area (TPSA) is 36.9 Å². The van der Waals surface area contributed by atoms with Crippen LogP contribution in [0.1, 0.15) is 17.0 Å². The summed E-state index contributed by atoms with van der Waals surface area (Å²) in [7, 11) is 0. The van der Waals surface area contributed by atoms with Crippen molar-refractivity contribution in [3.8, 4) is 39.7 Å². The second kappa shape index (κ2) is 14.6. The summed E-state index contributed by atoms with van der Waals surface area (Å²) in [5, 5.41) is 21.6. The minimum atomic E-state index is -0.0962. The van der Waals surface area contributed by atoms with Crippen LogP contribution < -0.4 is 4.90 Å². The molecule has 67 heavy (non-hydrogen) atoms. The van der Waals surface area contributed by atoms with Crippen LogP contribution in [0.15, 0.2) is 231 Å². The summed E-state index contributed by atoms with van der Waals surface area (Å²) in [6.45, 7) is 0. The van der Waals surface area contributed by atoms with Crippen LogP contribution in [-0.2, 0) is 0 Å². The lowest BCUT2D eigenvalue weighted by molar-refractivity contribution is 0.744. The number of nitrogens with zero attached hydrogens (tertiary/aromatic N) is 4. The van der Waals surface area contributed by atoms with Gasteiger partial charge in [-0.1, -0.05) is 212 Å². The SMILES string of the molecule is N#Cc1c(-c2ccccc2)c(N2c3c(ccc4ccccc34)C3C=CC=CC32)c(-n2c3ccccc3c3ccccc32)c(-n2c3ccccc3c3ccc4ccccc4c32)c1-c1ccccc1. The van der Waals surface area contributed by atoms with E-state index in [4.69, 9.17) is 0 Å². The summed E-state index contributed by atoms with van der Waals surface area (Å²) in [6.07, 6.45) is 9.14. The first-order valence-corrected chi connectivity index (χ1v) is 23.1. The number of allylic oxidation sites excluding steroid dienone is 2. The Morgan fingerprint density at radius 3 is 1.51 bits per heavy atom. The van der Waals surface area contributed by atoms with Crippen LogP contribution in [0.3, 0.4) is 0 Å². The standard InChI is InChI=1S/C63H40N4/c64-39-52-57(42-21-3-1-4-22-42)61(66-55-33-17-13-29-48(55)50-37-35-40-19-7-9-25-44(40)59(50)66)63(65-53-31-15-11-27-46(53)47-28-12-16-32-54(47)65)62(58(52)43-23-5-2-6-24-43)67-56-34-18-14-30-49(56)51-38-36-41-20-8-10-26-45(41)60(51)67/h1-38,48,55H. The van der Waals surface area contributed by atoms with Gasteiger partial charge in [-0.15, -0.1) is 0 Å². The van der Waals surface area contributed by atoms with E-state index in [2.05, 4.69) is 251 Å². The Balaban J connectivity index is 1.33. The average molecular weight is 853 g/mol. The quantitative estimate of drug-likeness (QED) is 0.173. The lowest BCUT2D eigenvalue weighted by Crippen LogP contribution is -2.31. The molecular weight excluding hydrogens is 813 g/mol. The monoisotopic (exact) mass is 852 g/mol. The minimum Gasteiger partial charge on any atom is -0.330 e. The van der Waals surface area contributed by atoms with E-state index in [0.717, 1.165) is 82.9 Å². The van der Waals surface area contributed by atoms with Crippen molar-refractivity contribution in [1.82, 2.24) is 9.13 Å². The highest BCUT2D eigenvalue weighted by molar-refractivity contribution is 6.21. The maximum atomic E-state index is 12.3. The third-order valence-electron chi connectivity index (χ3n) is 14.4. The van der Waals surface area contributed by atoms with Gasteiger partial charge in [0.1, 0.15) is 6.07 Å². The van der Waals surface area contributed by atoms with E-state index >= 15 is 0 Å². The fraction of sp³-hybridized carbons (Fsp3) is 0.0317. The van der Waals surface area contributed by atoms with Gasteiger partial charge in [-0.3, -0.25) is 0 Å². The number of benzene rings is 10. The predicted molar refractivity (Wildman–Crippen MR) is 279 cm³/mol. The van der Waals surface area contributed by atoms with E-state index in [0.29, 0.717) is 5.56 Å². The van der Waals surface area contributed by atoms with E-state index in [1.807, 2.05) is 0 Å². The molecule has 4 nitrogen and oxygen atoms in total. The number of rotatable bonds is 5. The summed E-state index contributed by atoms with van der Waals surface area (Å²) in [5.74, 6) is 0.0687. The smallest absolute Gasteiger partial charge is 0.101 e. The maximum Gasteiger partial charge on any atom is 0.101 e.